The van der Waals surface area contributed by atoms with Gasteiger partial charge in [0.05, 0.1) is 11.9 Å². The average Bonchev–Trinajstić information content (AvgIpc) is 2.91. The van der Waals surface area contributed by atoms with Crippen molar-refractivity contribution in [2.45, 2.75) is 12.5 Å². The average molecular weight is 319 g/mol. The predicted octanol–water partition coefficient (Wildman–Crippen LogP) is 3.66. The molecule has 2 aliphatic rings. The number of allylic oxidation sites excluding steroid dienone is 1. The van der Waals surface area contributed by atoms with Gasteiger partial charge in [-0.3, -0.25) is 4.99 Å². The van der Waals surface area contributed by atoms with E-state index in [1.807, 2.05) is 12.1 Å². The normalized spacial score (nSPS) is 20.7. The summed E-state index contributed by atoms with van der Waals surface area (Å²) in [5, 5.41) is 3.10. The molecule has 0 saturated carbocycles. The maximum Gasteiger partial charge on any atom is 0.168 e. The van der Waals surface area contributed by atoms with E-state index in [1.54, 1.807) is 11.8 Å². The van der Waals surface area contributed by atoms with Gasteiger partial charge < -0.3 is 4.90 Å². The van der Waals surface area contributed by atoms with E-state index in [0.29, 0.717) is 5.88 Å². The molecule has 1 unspecified atom stereocenters. The van der Waals surface area contributed by atoms with E-state index in [4.69, 9.17) is 11.6 Å². The van der Waals surface area contributed by atoms with Crippen LogP contribution in [0.4, 0.5) is 4.39 Å². The fourth-order valence-electron chi connectivity index (χ4n) is 2.18. The third kappa shape index (κ3) is 3.07. The number of thioether (sulfide) groups is 1. The minimum Gasteiger partial charge on any atom is -0.321 e. The van der Waals surface area contributed by atoms with Crippen molar-refractivity contribution in [3.05, 3.63) is 46.8 Å². The van der Waals surface area contributed by atoms with E-state index in [1.165, 1.54) is 12.1 Å². The number of aliphatic imine (C=N–C) groups is 1. The van der Waals surface area contributed by atoms with Crippen molar-refractivity contribution in [1.82, 2.24) is 4.90 Å². The molecule has 0 amide bonds. The van der Waals surface area contributed by atoms with Crippen molar-refractivity contribution in [2.75, 3.05) is 12.4 Å². The van der Waals surface area contributed by atoms with E-state index in [0.717, 1.165) is 29.4 Å². The minimum absolute atomic E-state index is 0. The molecule has 1 atom stereocenters. The fourth-order valence-corrected chi connectivity index (χ4v) is 3.47. The van der Waals surface area contributed by atoms with Crippen molar-refractivity contribution < 1.29 is 4.39 Å². The lowest BCUT2D eigenvalue weighted by atomic mass is 10.1. The summed E-state index contributed by atoms with van der Waals surface area (Å²) < 4.78 is 12.8. The van der Waals surface area contributed by atoms with E-state index in [-0.39, 0.29) is 24.3 Å². The molecule has 2 nitrogen and oxygen atoms in total. The zero-order valence-corrected chi connectivity index (χ0v) is 12.4. The SMILES string of the molecule is Cl.Fc1ccc(CC2CN3C(CCl)=CSC3=N2)cc1. The van der Waals surface area contributed by atoms with E-state index >= 15 is 0 Å². The van der Waals surface area contributed by atoms with Gasteiger partial charge in [0.15, 0.2) is 5.17 Å². The van der Waals surface area contributed by atoms with Gasteiger partial charge in [-0.05, 0) is 29.5 Å². The number of hydrogen-bond acceptors (Lipinski definition) is 3. The first-order valence-electron chi connectivity index (χ1n) is 5.77. The summed E-state index contributed by atoms with van der Waals surface area (Å²) in [6, 6.07) is 6.88. The third-order valence-corrected chi connectivity index (χ3v) is 4.29. The Bertz CT molecular complexity index is 516. The van der Waals surface area contributed by atoms with Crippen LogP contribution in [0.1, 0.15) is 5.56 Å². The van der Waals surface area contributed by atoms with Crippen LogP contribution in [0.3, 0.4) is 0 Å². The molecular formula is C13H13Cl2FN2S. The van der Waals surface area contributed by atoms with Crippen molar-refractivity contribution in [3.63, 3.8) is 0 Å². The molecule has 1 aromatic rings. The van der Waals surface area contributed by atoms with Gasteiger partial charge in [-0.25, -0.2) is 4.39 Å². The first-order chi connectivity index (χ1) is 8.76. The Labute approximate surface area is 127 Å². The van der Waals surface area contributed by atoms with Crippen LogP contribution in [0.5, 0.6) is 0 Å². The lowest BCUT2D eigenvalue weighted by Crippen LogP contribution is -2.25. The first kappa shape index (κ1) is 14.7. The Morgan fingerprint density at radius 2 is 2.11 bits per heavy atom. The number of fused-ring (bicyclic) bond motifs is 1. The Hall–Kier alpha value is -0.710. The molecule has 3 rings (SSSR count). The molecule has 0 fully saturated rings. The fraction of sp³-hybridized carbons (Fsp3) is 0.308. The van der Waals surface area contributed by atoms with Crippen molar-refractivity contribution in [2.24, 2.45) is 4.99 Å². The molecule has 0 bridgehead atoms. The molecule has 2 heterocycles. The van der Waals surface area contributed by atoms with Crippen LogP contribution in [0.15, 0.2) is 40.4 Å². The van der Waals surface area contributed by atoms with Crippen molar-refractivity contribution in [1.29, 1.82) is 0 Å². The standard InChI is InChI=1S/C13H12ClFN2S.ClH/c14-6-12-8-18-13-16-11(7-17(12)13)5-9-1-3-10(15)4-2-9;/h1-4,8,11H,5-7H2;1H. The molecule has 0 radical (unpaired) electrons. The predicted molar refractivity (Wildman–Crippen MR) is 81.7 cm³/mol. The summed E-state index contributed by atoms with van der Waals surface area (Å²) in [5.74, 6) is 0.329. The van der Waals surface area contributed by atoms with Gasteiger partial charge in [0.2, 0.25) is 0 Å². The van der Waals surface area contributed by atoms with E-state index < -0.39 is 0 Å². The van der Waals surface area contributed by atoms with Gasteiger partial charge in [0.1, 0.15) is 5.82 Å². The minimum atomic E-state index is -0.194. The second kappa shape index (κ2) is 6.16. The molecule has 1 aromatic carbocycles. The highest BCUT2D eigenvalue weighted by Crippen LogP contribution is 2.32. The lowest BCUT2D eigenvalue weighted by molar-refractivity contribution is 0.511. The van der Waals surface area contributed by atoms with E-state index in [2.05, 4.69) is 15.3 Å². The molecule has 0 aromatic heterocycles. The zero-order valence-electron chi connectivity index (χ0n) is 10.1. The van der Waals surface area contributed by atoms with Gasteiger partial charge >= 0.3 is 0 Å². The summed E-state index contributed by atoms with van der Waals surface area (Å²) >= 11 is 7.51. The Morgan fingerprint density at radius 1 is 1.37 bits per heavy atom. The number of nitrogens with zero attached hydrogens (tertiary/aromatic N) is 2. The van der Waals surface area contributed by atoms with Crippen LogP contribution >= 0.6 is 35.8 Å². The third-order valence-electron chi connectivity index (χ3n) is 3.09. The lowest BCUT2D eigenvalue weighted by Gasteiger charge is -2.16. The molecule has 102 valence electrons. The summed E-state index contributed by atoms with van der Waals surface area (Å²) in [6.07, 6.45) is 0.844. The molecular weight excluding hydrogens is 306 g/mol. The summed E-state index contributed by atoms with van der Waals surface area (Å²) in [4.78, 5) is 6.84. The maximum atomic E-state index is 12.8. The van der Waals surface area contributed by atoms with Gasteiger partial charge in [0.25, 0.3) is 0 Å². The largest absolute Gasteiger partial charge is 0.321 e. The maximum absolute atomic E-state index is 12.8. The summed E-state index contributed by atoms with van der Waals surface area (Å²) in [6.45, 7) is 0.873. The van der Waals surface area contributed by atoms with Gasteiger partial charge in [0, 0.05) is 12.2 Å². The molecule has 0 aliphatic carbocycles. The smallest absolute Gasteiger partial charge is 0.168 e. The quantitative estimate of drug-likeness (QED) is 0.790. The Balaban J connectivity index is 0.00000133. The van der Waals surface area contributed by atoms with Crippen molar-refractivity contribution >= 4 is 40.9 Å². The van der Waals surface area contributed by atoms with Crippen LogP contribution in [0, 0.1) is 5.82 Å². The molecule has 6 heteroatoms. The van der Waals surface area contributed by atoms with Gasteiger partial charge in [-0.2, -0.15) is 0 Å². The van der Waals surface area contributed by atoms with Gasteiger partial charge in [-0.15, -0.1) is 24.0 Å². The van der Waals surface area contributed by atoms with Crippen LogP contribution < -0.4 is 0 Å². The highest BCUT2D eigenvalue weighted by Gasteiger charge is 2.31. The van der Waals surface area contributed by atoms with Crippen LogP contribution in [0.2, 0.25) is 0 Å². The van der Waals surface area contributed by atoms with Crippen LogP contribution in [-0.2, 0) is 6.42 Å². The number of benzene rings is 1. The topological polar surface area (TPSA) is 15.6 Å². The van der Waals surface area contributed by atoms with Gasteiger partial charge in [-0.1, -0.05) is 23.9 Å². The molecule has 0 spiro atoms. The van der Waals surface area contributed by atoms with Crippen LogP contribution in [-0.4, -0.2) is 28.5 Å². The Morgan fingerprint density at radius 3 is 2.79 bits per heavy atom. The number of hydrogen-bond donors (Lipinski definition) is 0. The number of halogens is 3. The summed E-state index contributed by atoms with van der Waals surface area (Å²) in [5.41, 5.74) is 2.25. The first-order valence-corrected chi connectivity index (χ1v) is 7.19. The Kier molecular flexibility index (Phi) is 4.76. The highest BCUT2D eigenvalue weighted by atomic mass is 35.5. The molecule has 0 saturated heterocycles. The second-order valence-electron chi connectivity index (χ2n) is 4.37. The molecule has 0 N–H and O–H groups in total. The molecule has 19 heavy (non-hydrogen) atoms. The number of amidine groups is 1. The van der Waals surface area contributed by atoms with Crippen molar-refractivity contribution in [3.8, 4) is 0 Å². The second-order valence-corrected chi connectivity index (χ2v) is 5.47. The van der Waals surface area contributed by atoms with E-state index in [9.17, 15) is 4.39 Å². The molecule has 2 aliphatic heterocycles. The highest BCUT2D eigenvalue weighted by molar-refractivity contribution is 8.16. The van der Waals surface area contributed by atoms with Crippen LogP contribution in [0.25, 0.3) is 0 Å². The number of alkyl halides is 1. The monoisotopic (exact) mass is 318 g/mol. The number of rotatable bonds is 3. The summed E-state index contributed by atoms with van der Waals surface area (Å²) in [7, 11) is 0. The zero-order chi connectivity index (χ0) is 12.5.